The van der Waals surface area contributed by atoms with Gasteiger partial charge >= 0.3 is 0 Å². The third-order valence-corrected chi connectivity index (χ3v) is 4.16. The van der Waals surface area contributed by atoms with Crippen LogP contribution >= 0.6 is 0 Å². The first-order valence-electron chi connectivity index (χ1n) is 5.69. The van der Waals surface area contributed by atoms with Gasteiger partial charge in [0.25, 0.3) is 0 Å². The molecule has 1 aromatic heterocycles. The van der Waals surface area contributed by atoms with E-state index in [4.69, 9.17) is 5.11 Å². The first kappa shape index (κ1) is 13.7. The maximum absolute atomic E-state index is 12.1. The predicted octanol–water partition coefficient (Wildman–Crippen LogP) is 0.391. The Morgan fingerprint density at radius 3 is 2.79 bits per heavy atom. The number of benzene rings is 1. The van der Waals surface area contributed by atoms with E-state index in [1.54, 1.807) is 36.1 Å². The summed E-state index contributed by atoms with van der Waals surface area (Å²) >= 11 is 0. The molecule has 0 aliphatic rings. The molecule has 0 fully saturated rings. The van der Waals surface area contributed by atoms with Crippen LogP contribution in [0.4, 0.5) is 0 Å². The zero-order valence-corrected chi connectivity index (χ0v) is 11.3. The molecule has 2 aromatic rings. The molecule has 0 radical (unpaired) electrons. The highest BCUT2D eigenvalue weighted by Crippen LogP contribution is 2.12. The Balaban J connectivity index is 2.16. The fourth-order valence-electron chi connectivity index (χ4n) is 1.64. The van der Waals surface area contributed by atoms with Crippen LogP contribution in [-0.2, 0) is 30.2 Å². The molecule has 0 amide bonds. The number of hydrogen-bond acceptors (Lipinski definition) is 4. The molecule has 6 nitrogen and oxygen atoms in total. The van der Waals surface area contributed by atoms with Crippen molar-refractivity contribution < 1.29 is 13.5 Å². The monoisotopic (exact) mass is 281 g/mol. The quantitative estimate of drug-likeness (QED) is 0.830. The zero-order valence-electron chi connectivity index (χ0n) is 10.4. The van der Waals surface area contributed by atoms with Crippen LogP contribution in [-0.4, -0.2) is 23.3 Å². The first-order valence-corrected chi connectivity index (χ1v) is 7.17. The van der Waals surface area contributed by atoms with Gasteiger partial charge in [-0.1, -0.05) is 12.1 Å². The van der Waals surface area contributed by atoms with Crippen molar-refractivity contribution in [2.24, 2.45) is 7.05 Å². The third-order valence-electron chi connectivity index (χ3n) is 2.76. The smallest absolute Gasteiger partial charge is 0.240 e. The Bertz CT molecular complexity index is 664. The minimum atomic E-state index is -3.59. The number of aryl methyl sites for hydroxylation is 1. The Hall–Kier alpha value is -1.70. The Labute approximate surface area is 111 Å². The van der Waals surface area contributed by atoms with Crippen LogP contribution in [0, 0.1) is 0 Å². The molecule has 102 valence electrons. The predicted molar refractivity (Wildman–Crippen MR) is 69.6 cm³/mol. The summed E-state index contributed by atoms with van der Waals surface area (Å²) in [5, 5.41) is 13.0. The van der Waals surface area contributed by atoms with Crippen molar-refractivity contribution in [3.8, 4) is 0 Å². The van der Waals surface area contributed by atoms with Gasteiger partial charge in [-0.2, -0.15) is 5.10 Å². The molecule has 0 saturated heterocycles. The number of aliphatic hydroxyl groups excluding tert-OH is 1. The molecule has 0 aliphatic heterocycles. The second-order valence-corrected chi connectivity index (χ2v) is 5.84. The number of rotatable bonds is 5. The largest absolute Gasteiger partial charge is 0.392 e. The highest BCUT2D eigenvalue weighted by molar-refractivity contribution is 7.89. The van der Waals surface area contributed by atoms with Crippen LogP contribution in [0.5, 0.6) is 0 Å². The van der Waals surface area contributed by atoms with E-state index in [9.17, 15) is 8.42 Å². The molecule has 0 atom stereocenters. The molecule has 19 heavy (non-hydrogen) atoms. The number of aliphatic hydroxyl groups is 1. The van der Waals surface area contributed by atoms with Crippen LogP contribution in [0.1, 0.15) is 11.3 Å². The molecule has 0 unspecified atom stereocenters. The summed E-state index contributed by atoms with van der Waals surface area (Å²) in [6, 6.07) is 7.95. The van der Waals surface area contributed by atoms with E-state index in [1.807, 2.05) is 0 Å². The zero-order chi connectivity index (χ0) is 13.9. The van der Waals surface area contributed by atoms with E-state index in [0.29, 0.717) is 5.56 Å². The number of aromatic nitrogens is 2. The van der Waals surface area contributed by atoms with Gasteiger partial charge in [-0.25, -0.2) is 13.1 Å². The Kier molecular flexibility index (Phi) is 3.98. The summed E-state index contributed by atoms with van der Waals surface area (Å²) in [7, 11) is -1.84. The Morgan fingerprint density at radius 1 is 1.37 bits per heavy atom. The number of sulfonamides is 1. The maximum atomic E-state index is 12.1. The van der Waals surface area contributed by atoms with Crippen LogP contribution in [0.3, 0.4) is 0 Å². The molecule has 1 aromatic carbocycles. The van der Waals surface area contributed by atoms with Crippen molar-refractivity contribution in [2.75, 3.05) is 0 Å². The lowest BCUT2D eigenvalue weighted by atomic mass is 10.2. The average Bonchev–Trinajstić information content (AvgIpc) is 2.82. The van der Waals surface area contributed by atoms with Crippen molar-refractivity contribution in [2.45, 2.75) is 18.0 Å². The van der Waals surface area contributed by atoms with E-state index in [-0.39, 0.29) is 18.0 Å². The maximum Gasteiger partial charge on any atom is 0.240 e. The summed E-state index contributed by atoms with van der Waals surface area (Å²) < 4.78 is 28.3. The molecule has 2 rings (SSSR count). The molecule has 2 N–H and O–H groups in total. The molecule has 1 heterocycles. The minimum Gasteiger partial charge on any atom is -0.392 e. The lowest BCUT2D eigenvalue weighted by Crippen LogP contribution is -2.24. The number of hydrogen-bond donors (Lipinski definition) is 2. The van der Waals surface area contributed by atoms with Crippen molar-refractivity contribution in [1.29, 1.82) is 0 Å². The van der Waals surface area contributed by atoms with Crippen LogP contribution in [0.15, 0.2) is 41.4 Å². The number of nitrogens with zero attached hydrogens (tertiary/aromatic N) is 2. The van der Waals surface area contributed by atoms with Gasteiger partial charge in [-0.05, 0) is 23.8 Å². The van der Waals surface area contributed by atoms with Crippen molar-refractivity contribution >= 4 is 10.0 Å². The third kappa shape index (κ3) is 3.19. The summed E-state index contributed by atoms with van der Waals surface area (Å²) in [6.45, 7) is -0.0206. The minimum absolute atomic E-state index is 0.140. The van der Waals surface area contributed by atoms with E-state index < -0.39 is 10.0 Å². The molecule has 7 heteroatoms. The highest BCUT2D eigenvalue weighted by Gasteiger charge is 2.14. The van der Waals surface area contributed by atoms with Gasteiger partial charge in [0.1, 0.15) is 0 Å². The second-order valence-electron chi connectivity index (χ2n) is 4.08. The van der Waals surface area contributed by atoms with E-state index >= 15 is 0 Å². The van der Waals surface area contributed by atoms with Crippen LogP contribution in [0.2, 0.25) is 0 Å². The summed E-state index contributed by atoms with van der Waals surface area (Å²) in [5.74, 6) is 0. The topological polar surface area (TPSA) is 84.2 Å². The summed E-state index contributed by atoms with van der Waals surface area (Å²) in [6.07, 6.45) is 1.61. The van der Waals surface area contributed by atoms with Crippen molar-refractivity contribution in [3.63, 3.8) is 0 Å². The second kappa shape index (κ2) is 5.52. The van der Waals surface area contributed by atoms with Gasteiger partial charge in [0.15, 0.2) is 0 Å². The highest BCUT2D eigenvalue weighted by atomic mass is 32.2. The van der Waals surface area contributed by atoms with Crippen LogP contribution < -0.4 is 4.72 Å². The van der Waals surface area contributed by atoms with E-state index in [2.05, 4.69) is 9.82 Å². The molecule has 0 spiro atoms. The molecular weight excluding hydrogens is 266 g/mol. The van der Waals surface area contributed by atoms with Gasteiger partial charge in [-0.3, -0.25) is 4.68 Å². The van der Waals surface area contributed by atoms with Gasteiger partial charge in [0, 0.05) is 13.2 Å². The molecule has 0 bridgehead atoms. The molecule has 0 saturated carbocycles. The fraction of sp³-hybridized carbons (Fsp3) is 0.250. The van der Waals surface area contributed by atoms with Crippen molar-refractivity contribution in [1.82, 2.24) is 14.5 Å². The number of nitrogens with one attached hydrogen (secondary N) is 1. The SMILES string of the molecule is Cn1nccc1CNS(=O)(=O)c1cccc(CO)c1. The lowest BCUT2D eigenvalue weighted by molar-refractivity contribution is 0.281. The van der Waals surface area contributed by atoms with Gasteiger partial charge in [-0.15, -0.1) is 0 Å². The van der Waals surface area contributed by atoms with E-state index in [0.717, 1.165) is 5.69 Å². The van der Waals surface area contributed by atoms with E-state index in [1.165, 1.54) is 12.1 Å². The molecular formula is C12H15N3O3S. The Morgan fingerprint density at radius 2 is 2.16 bits per heavy atom. The summed E-state index contributed by atoms with van der Waals surface area (Å²) in [4.78, 5) is 0.140. The first-order chi connectivity index (χ1) is 9.03. The molecule has 0 aliphatic carbocycles. The normalized spacial score (nSPS) is 11.7. The van der Waals surface area contributed by atoms with Gasteiger partial charge in [0.2, 0.25) is 10.0 Å². The van der Waals surface area contributed by atoms with Crippen LogP contribution in [0.25, 0.3) is 0 Å². The lowest BCUT2D eigenvalue weighted by Gasteiger charge is -2.08. The van der Waals surface area contributed by atoms with Gasteiger partial charge in [0.05, 0.1) is 23.7 Å². The van der Waals surface area contributed by atoms with Crippen molar-refractivity contribution in [3.05, 3.63) is 47.8 Å². The average molecular weight is 281 g/mol. The summed E-state index contributed by atoms with van der Waals surface area (Å²) in [5.41, 5.74) is 1.32. The fourth-order valence-corrected chi connectivity index (χ4v) is 2.71. The standard InChI is InChI=1S/C12H15N3O3S/c1-15-11(5-6-13-15)8-14-19(17,18)12-4-2-3-10(7-12)9-16/h2-7,14,16H,8-9H2,1H3. The van der Waals surface area contributed by atoms with Gasteiger partial charge < -0.3 is 5.11 Å².